The minimum Gasteiger partial charge on any atom is -0.345 e. The Labute approximate surface area is 154 Å². The summed E-state index contributed by atoms with van der Waals surface area (Å²) in [5.74, 6) is 0.701. The van der Waals surface area contributed by atoms with E-state index in [1.165, 1.54) is 6.08 Å². The number of aliphatic imine (C=N–C) groups is 2. The summed E-state index contributed by atoms with van der Waals surface area (Å²) in [6, 6.07) is 5.21. The Morgan fingerprint density at radius 3 is 3.22 bits per heavy atom. The number of guanidine groups is 1. The zero-order valence-electron chi connectivity index (χ0n) is 14.6. The second-order valence-electron chi connectivity index (χ2n) is 6.90. The molecule has 0 bridgehead atoms. The number of benzene rings is 1. The number of H-pyrrole nitrogens is 1. The van der Waals surface area contributed by atoms with Crippen molar-refractivity contribution in [2.75, 3.05) is 13.1 Å². The Kier molecular flexibility index (Phi) is 3.30. The molecule has 0 saturated heterocycles. The van der Waals surface area contributed by atoms with Crippen molar-refractivity contribution in [1.29, 1.82) is 0 Å². The average Bonchev–Trinajstić information content (AvgIpc) is 3.31. The van der Waals surface area contributed by atoms with Gasteiger partial charge >= 0.3 is 0 Å². The van der Waals surface area contributed by atoms with Crippen LogP contribution in [0.4, 0.5) is 4.39 Å². The number of amidine groups is 1. The molecule has 3 aliphatic rings. The molecule has 2 aliphatic heterocycles. The van der Waals surface area contributed by atoms with Gasteiger partial charge in [-0.3, -0.25) is 20.0 Å². The average molecular weight is 364 g/mol. The highest BCUT2D eigenvalue weighted by molar-refractivity contribution is 6.18. The van der Waals surface area contributed by atoms with Gasteiger partial charge in [0.2, 0.25) is 5.96 Å². The van der Waals surface area contributed by atoms with Gasteiger partial charge in [0.05, 0.1) is 23.9 Å². The number of amides is 1. The van der Waals surface area contributed by atoms with E-state index >= 15 is 0 Å². The lowest BCUT2D eigenvalue weighted by atomic mass is 9.82. The minimum atomic E-state index is -1.28. The van der Waals surface area contributed by atoms with Crippen molar-refractivity contribution in [3.05, 3.63) is 53.9 Å². The Morgan fingerprint density at radius 1 is 1.44 bits per heavy atom. The molecule has 2 atom stereocenters. The lowest BCUT2D eigenvalue weighted by Crippen LogP contribution is -2.56. The van der Waals surface area contributed by atoms with Crippen LogP contribution in [0.15, 0.2) is 58.3 Å². The fraction of sp³-hybridized carbons (Fsp3) is 0.263. The lowest BCUT2D eigenvalue weighted by molar-refractivity contribution is 0.0973. The SMILES string of the molecule is CC12N=C(NC(=O)c3ccc4nc[nH]c4c3)N3CCN=C3C1=CC=CC2F. The molecule has 0 saturated carbocycles. The van der Waals surface area contributed by atoms with Crippen LogP contribution in [0.1, 0.15) is 17.3 Å². The van der Waals surface area contributed by atoms with Gasteiger partial charge in [0.15, 0.2) is 0 Å². The molecule has 0 spiro atoms. The third-order valence-corrected chi connectivity index (χ3v) is 5.21. The van der Waals surface area contributed by atoms with Crippen LogP contribution in [0.5, 0.6) is 0 Å². The first kappa shape index (κ1) is 15.9. The summed E-state index contributed by atoms with van der Waals surface area (Å²) in [6.07, 6.45) is 5.32. The number of alkyl halides is 1. The molecule has 27 heavy (non-hydrogen) atoms. The lowest BCUT2D eigenvalue weighted by Gasteiger charge is -2.40. The predicted octanol–water partition coefficient (Wildman–Crippen LogP) is 1.97. The van der Waals surface area contributed by atoms with Gasteiger partial charge in [-0.15, -0.1) is 0 Å². The summed E-state index contributed by atoms with van der Waals surface area (Å²) in [5.41, 5.74) is 1.68. The fourth-order valence-corrected chi connectivity index (χ4v) is 3.69. The molecule has 2 N–H and O–H groups in total. The van der Waals surface area contributed by atoms with Crippen molar-refractivity contribution < 1.29 is 9.18 Å². The van der Waals surface area contributed by atoms with Crippen LogP contribution in [-0.4, -0.2) is 57.4 Å². The summed E-state index contributed by atoms with van der Waals surface area (Å²) in [4.78, 5) is 30.9. The third kappa shape index (κ3) is 2.33. The molecule has 0 radical (unpaired) electrons. The Bertz CT molecular complexity index is 1080. The van der Waals surface area contributed by atoms with E-state index in [0.29, 0.717) is 30.4 Å². The molecule has 2 unspecified atom stereocenters. The van der Waals surface area contributed by atoms with Crippen LogP contribution in [0.3, 0.4) is 0 Å². The molecule has 1 aromatic heterocycles. The summed E-state index contributed by atoms with van der Waals surface area (Å²) in [6.45, 7) is 2.91. The van der Waals surface area contributed by atoms with Crippen LogP contribution in [0.2, 0.25) is 0 Å². The van der Waals surface area contributed by atoms with Crippen LogP contribution in [0, 0.1) is 0 Å². The van der Waals surface area contributed by atoms with Crippen molar-refractivity contribution in [2.24, 2.45) is 9.98 Å². The zero-order chi connectivity index (χ0) is 18.6. The number of rotatable bonds is 1. The quantitative estimate of drug-likeness (QED) is 0.811. The molecule has 8 heteroatoms. The molecule has 3 heterocycles. The molecule has 1 aromatic carbocycles. The first-order valence-electron chi connectivity index (χ1n) is 8.76. The highest BCUT2D eigenvalue weighted by atomic mass is 19.1. The monoisotopic (exact) mass is 364 g/mol. The predicted molar refractivity (Wildman–Crippen MR) is 101 cm³/mol. The number of allylic oxidation sites excluding steroid dienone is 2. The molecular weight excluding hydrogens is 347 g/mol. The fourth-order valence-electron chi connectivity index (χ4n) is 3.69. The van der Waals surface area contributed by atoms with Gasteiger partial charge in [0.1, 0.15) is 17.5 Å². The van der Waals surface area contributed by atoms with Gasteiger partial charge in [-0.05, 0) is 31.2 Å². The number of nitrogens with one attached hydrogen (secondary N) is 2. The second kappa shape index (κ2) is 5.60. The third-order valence-electron chi connectivity index (χ3n) is 5.21. The van der Waals surface area contributed by atoms with Gasteiger partial charge in [0.25, 0.3) is 5.91 Å². The zero-order valence-corrected chi connectivity index (χ0v) is 14.6. The van der Waals surface area contributed by atoms with Crippen molar-refractivity contribution in [1.82, 2.24) is 20.2 Å². The van der Waals surface area contributed by atoms with E-state index in [2.05, 4.69) is 25.3 Å². The second-order valence-corrected chi connectivity index (χ2v) is 6.90. The number of aromatic nitrogens is 2. The maximum atomic E-state index is 14.7. The molecule has 5 rings (SSSR count). The maximum Gasteiger partial charge on any atom is 0.258 e. The van der Waals surface area contributed by atoms with Gasteiger partial charge in [0, 0.05) is 17.7 Å². The number of halogens is 1. The molecular formula is C19H17FN6O. The number of hydrogen-bond donors (Lipinski definition) is 2. The van der Waals surface area contributed by atoms with Crippen LogP contribution in [-0.2, 0) is 0 Å². The van der Waals surface area contributed by atoms with E-state index in [1.807, 2.05) is 11.0 Å². The smallest absolute Gasteiger partial charge is 0.258 e. The van der Waals surface area contributed by atoms with E-state index < -0.39 is 11.7 Å². The summed E-state index contributed by atoms with van der Waals surface area (Å²) in [5, 5.41) is 2.85. The number of nitrogens with zero attached hydrogens (tertiary/aromatic N) is 4. The molecule has 2 aromatic rings. The molecule has 136 valence electrons. The summed E-state index contributed by atoms with van der Waals surface area (Å²) in [7, 11) is 0. The first-order chi connectivity index (χ1) is 13.1. The highest BCUT2D eigenvalue weighted by Gasteiger charge is 2.47. The van der Waals surface area contributed by atoms with Crippen molar-refractivity contribution >= 4 is 28.7 Å². The van der Waals surface area contributed by atoms with Crippen molar-refractivity contribution in [3.63, 3.8) is 0 Å². The van der Waals surface area contributed by atoms with Crippen molar-refractivity contribution in [3.8, 4) is 0 Å². The van der Waals surface area contributed by atoms with E-state index in [0.717, 1.165) is 16.6 Å². The number of aromatic amines is 1. The van der Waals surface area contributed by atoms with Crippen LogP contribution in [0.25, 0.3) is 11.0 Å². The summed E-state index contributed by atoms with van der Waals surface area (Å²) < 4.78 is 14.7. The Hall–Kier alpha value is -3.29. The highest BCUT2D eigenvalue weighted by Crippen LogP contribution is 2.37. The van der Waals surface area contributed by atoms with Gasteiger partial charge in [-0.2, -0.15) is 0 Å². The maximum absolute atomic E-state index is 14.7. The first-order valence-corrected chi connectivity index (χ1v) is 8.76. The van der Waals surface area contributed by atoms with E-state index in [4.69, 9.17) is 0 Å². The number of imidazole rings is 1. The van der Waals surface area contributed by atoms with Gasteiger partial charge in [-0.1, -0.05) is 12.2 Å². The number of hydrogen-bond acceptors (Lipinski definition) is 5. The molecule has 1 aliphatic carbocycles. The Balaban J connectivity index is 1.51. The van der Waals surface area contributed by atoms with E-state index in [9.17, 15) is 9.18 Å². The van der Waals surface area contributed by atoms with Gasteiger partial charge < -0.3 is 4.98 Å². The van der Waals surface area contributed by atoms with Crippen LogP contribution < -0.4 is 5.32 Å². The van der Waals surface area contributed by atoms with Crippen LogP contribution >= 0.6 is 0 Å². The molecule has 7 nitrogen and oxygen atoms in total. The standard InChI is InChI=1S/C19H17FN6O/c1-19-12(3-2-4-15(19)20)16-21-7-8-26(16)18(25-19)24-17(27)11-5-6-13-14(9-11)23-10-22-13/h2-6,9-10,15H,7-8H2,1H3,(H,22,23)(H,24,25,27). The van der Waals surface area contributed by atoms with Crippen molar-refractivity contribution in [2.45, 2.75) is 18.6 Å². The number of carbonyl (C=O) groups is 1. The van der Waals surface area contributed by atoms with Gasteiger partial charge in [-0.25, -0.2) is 14.4 Å². The number of fused-ring (bicyclic) bond motifs is 4. The largest absolute Gasteiger partial charge is 0.345 e. The van der Waals surface area contributed by atoms with E-state index in [1.54, 1.807) is 37.5 Å². The minimum absolute atomic E-state index is 0.311. The summed E-state index contributed by atoms with van der Waals surface area (Å²) >= 11 is 0. The van der Waals surface area contributed by atoms with E-state index in [-0.39, 0.29) is 5.91 Å². The normalized spacial score (nSPS) is 26.2. The Morgan fingerprint density at radius 2 is 2.33 bits per heavy atom. The molecule has 0 fully saturated rings. The molecule has 1 amide bonds. The number of carbonyl (C=O) groups excluding carboxylic acids is 1. The topological polar surface area (TPSA) is 85.7 Å².